The summed E-state index contributed by atoms with van der Waals surface area (Å²) in [5.74, 6) is 0. The Balaban J connectivity index is 1.04. The van der Waals surface area contributed by atoms with Crippen molar-refractivity contribution in [1.82, 2.24) is 4.57 Å². The maximum atomic E-state index is 6.81. The number of benzene rings is 11. The molecular formula is C56H33NO. The van der Waals surface area contributed by atoms with Gasteiger partial charge in [0, 0.05) is 27.2 Å². The molecule has 13 rings (SSSR count). The minimum atomic E-state index is 0.897. The molecule has 0 unspecified atom stereocenters. The SMILES string of the molecule is c1ccc(-n2c3ccccc3c3cc(-c4c5ccccc5c(-c5ccc6c(c5)oc5cc7c8ccccc8c8ccccc8c7cc56)c5ccccc45)ccc32)cc1. The van der Waals surface area contributed by atoms with E-state index in [1.807, 2.05) is 0 Å². The first kappa shape index (κ1) is 31.5. The van der Waals surface area contributed by atoms with E-state index in [1.165, 1.54) is 98.0 Å². The molecule has 0 saturated carbocycles. The smallest absolute Gasteiger partial charge is 0.136 e. The van der Waals surface area contributed by atoms with Crippen LogP contribution >= 0.6 is 0 Å². The van der Waals surface area contributed by atoms with Gasteiger partial charge in [-0.05, 0) is 131 Å². The second-order valence-corrected chi connectivity index (χ2v) is 15.6. The van der Waals surface area contributed by atoms with Gasteiger partial charge in [-0.25, -0.2) is 0 Å². The second-order valence-electron chi connectivity index (χ2n) is 15.6. The monoisotopic (exact) mass is 735 g/mol. The molecule has 2 heteroatoms. The summed E-state index contributed by atoms with van der Waals surface area (Å²) in [7, 11) is 0. The molecule has 0 aliphatic heterocycles. The minimum absolute atomic E-state index is 0.897. The maximum absolute atomic E-state index is 6.81. The summed E-state index contributed by atoms with van der Waals surface area (Å²) in [6.45, 7) is 0. The molecule has 2 aromatic heterocycles. The molecule has 11 aromatic carbocycles. The van der Waals surface area contributed by atoms with Gasteiger partial charge in [0.25, 0.3) is 0 Å². The molecule has 0 atom stereocenters. The number of para-hydroxylation sites is 2. The summed E-state index contributed by atoms with van der Waals surface area (Å²) >= 11 is 0. The van der Waals surface area contributed by atoms with Crippen molar-refractivity contribution in [1.29, 1.82) is 0 Å². The number of rotatable bonds is 3. The summed E-state index contributed by atoms with van der Waals surface area (Å²) in [5, 5.41) is 17.2. The van der Waals surface area contributed by atoms with Gasteiger partial charge in [0.2, 0.25) is 0 Å². The maximum Gasteiger partial charge on any atom is 0.136 e. The number of hydrogen-bond donors (Lipinski definition) is 0. The van der Waals surface area contributed by atoms with E-state index in [0.29, 0.717) is 0 Å². The number of nitrogens with zero attached hydrogens (tertiary/aromatic N) is 1. The third-order valence-electron chi connectivity index (χ3n) is 12.5. The lowest BCUT2D eigenvalue weighted by molar-refractivity contribution is 0.669. The van der Waals surface area contributed by atoms with E-state index in [2.05, 4.69) is 205 Å². The van der Waals surface area contributed by atoms with Crippen molar-refractivity contribution >= 4 is 97.6 Å². The zero-order chi connectivity index (χ0) is 37.9. The van der Waals surface area contributed by atoms with E-state index < -0.39 is 0 Å². The van der Waals surface area contributed by atoms with E-state index in [-0.39, 0.29) is 0 Å². The molecule has 0 aliphatic rings. The highest BCUT2D eigenvalue weighted by atomic mass is 16.3. The van der Waals surface area contributed by atoms with Gasteiger partial charge in [0.15, 0.2) is 0 Å². The molecule has 0 amide bonds. The molecule has 0 aliphatic carbocycles. The fourth-order valence-electron chi connectivity index (χ4n) is 10.1. The number of furan rings is 1. The van der Waals surface area contributed by atoms with Crippen LogP contribution in [0.15, 0.2) is 205 Å². The number of hydrogen-bond acceptors (Lipinski definition) is 1. The average molecular weight is 736 g/mol. The summed E-state index contributed by atoms with van der Waals surface area (Å²) in [6.07, 6.45) is 0. The fraction of sp³-hybridized carbons (Fsp3) is 0. The molecular weight excluding hydrogens is 703 g/mol. The Morgan fingerprint density at radius 2 is 0.707 bits per heavy atom. The van der Waals surface area contributed by atoms with Gasteiger partial charge in [0.1, 0.15) is 11.2 Å². The second kappa shape index (κ2) is 11.9. The molecule has 58 heavy (non-hydrogen) atoms. The molecule has 0 radical (unpaired) electrons. The lowest BCUT2D eigenvalue weighted by Crippen LogP contribution is -1.93. The molecule has 268 valence electrons. The van der Waals surface area contributed by atoms with E-state index in [4.69, 9.17) is 4.42 Å². The summed E-state index contributed by atoms with van der Waals surface area (Å²) in [4.78, 5) is 0. The molecule has 2 heterocycles. The lowest BCUT2D eigenvalue weighted by atomic mass is 9.85. The Morgan fingerprint density at radius 3 is 1.33 bits per heavy atom. The largest absolute Gasteiger partial charge is 0.456 e. The van der Waals surface area contributed by atoms with Crippen LogP contribution in [0.3, 0.4) is 0 Å². The van der Waals surface area contributed by atoms with Crippen LogP contribution in [0.25, 0.3) is 126 Å². The Bertz CT molecular complexity index is 3790. The highest BCUT2D eigenvalue weighted by molar-refractivity contribution is 6.29. The number of fused-ring (bicyclic) bond motifs is 14. The lowest BCUT2D eigenvalue weighted by Gasteiger charge is -2.18. The predicted molar refractivity (Wildman–Crippen MR) is 246 cm³/mol. The first-order chi connectivity index (χ1) is 28.8. The molecule has 0 N–H and O–H groups in total. The first-order valence-corrected chi connectivity index (χ1v) is 20.0. The standard InChI is InChI=1S/C56H33NO/c1-2-14-36(15-3-1)57-51-25-13-12-20-41(51)49-30-34(27-29-52(49)57)55-43-21-8-10-23-45(43)56(46-24-11-9-22-44(46)55)35-26-28-42-50-32-47-39-18-6-4-16-37(39)38-17-5-7-19-40(38)48(47)33-54(50)58-53(42)31-35/h1-33H. The predicted octanol–water partition coefficient (Wildman–Crippen LogP) is 15.8. The van der Waals surface area contributed by atoms with Gasteiger partial charge in [-0.3, -0.25) is 0 Å². The third kappa shape index (κ3) is 4.37. The zero-order valence-electron chi connectivity index (χ0n) is 31.4. The quantitative estimate of drug-likeness (QED) is 0.131. The fourth-order valence-corrected chi connectivity index (χ4v) is 10.1. The zero-order valence-corrected chi connectivity index (χ0v) is 31.4. The van der Waals surface area contributed by atoms with Crippen LogP contribution in [0.1, 0.15) is 0 Å². The van der Waals surface area contributed by atoms with Crippen LogP contribution in [0.4, 0.5) is 0 Å². The van der Waals surface area contributed by atoms with Crippen LogP contribution in [0.2, 0.25) is 0 Å². The van der Waals surface area contributed by atoms with Crippen molar-refractivity contribution in [3.05, 3.63) is 200 Å². The van der Waals surface area contributed by atoms with Gasteiger partial charge in [0.05, 0.1) is 11.0 Å². The van der Waals surface area contributed by atoms with Crippen LogP contribution in [-0.4, -0.2) is 4.57 Å². The van der Waals surface area contributed by atoms with E-state index >= 15 is 0 Å². The van der Waals surface area contributed by atoms with Crippen molar-refractivity contribution in [2.75, 3.05) is 0 Å². The minimum Gasteiger partial charge on any atom is -0.456 e. The Hall–Kier alpha value is -7.68. The van der Waals surface area contributed by atoms with Crippen molar-refractivity contribution < 1.29 is 4.42 Å². The van der Waals surface area contributed by atoms with Crippen LogP contribution in [0, 0.1) is 0 Å². The highest BCUT2D eigenvalue weighted by Crippen LogP contribution is 2.47. The van der Waals surface area contributed by atoms with E-state index in [1.54, 1.807) is 0 Å². The molecule has 0 spiro atoms. The van der Waals surface area contributed by atoms with Crippen molar-refractivity contribution in [2.24, 2.45) is 0 Å². The third-order valence-corrected chi connectivity index (χ3v) is 12.5. The van der Waals surface area contributed by atoms with Crippen LogP contribution in [0.5, 0.6) is 0 Å². The Kier molecular flexibility index (Phi) is 6.47. The Labute approximate surface area is 333 Å². The first-order valence-electron chi connectivity index (χ1n) is 20.0. The summed E-state index contributed by atoms with van der Waals surface area (Å²) in [6, 6.07) is 73.2. The van der Waals surface area contributed by atoms with E-state index in [9.17, 15) is 0 Å². The van der Waals surface area contributed by atoms with E-state index in [0.717, 1.165) is 27.5 Å². The average Bonchev–Trinajstić information content (AvgIpc) is 3.82. The van der Waals surface area contributed by atoms with Gasteiger partial charge in [-0.15, -0.1) is 0 Å². The van der Waals surface area contributed by atoms with Crippen LogP contribution in [-0.2, 0) is 0 Å². The van der Waals surface area contributed by atoms with Gasteiger partial charge in [-0.2, -0.15) is 0 Å². The highest BCUT2D eigenvalue weighted by Gasteiger charge is 2.20. The number of aromatic nitrogens is 1. The molecule has 2 nitrogen and oxygen atoms in total. The molecule has 0 fully saturated rings. The normalized spacial score (nSPS) is 12.1. The Morgan fingerprint density at radius 1 is 0.259 bits per heavy atom. The van der Waals surface area contributed by atoms with Gasteiger partial charge in [-0.1, -0.05) is 146 Å². The van der Waals surface area contributed by atoms with Gasteiger partial charge >= 0.3 is 0 Å². The topological polar surface area (TPSA) is 18.1 Å². The van der Waals surface area contributed by atoms with Crippen molar-refractivity contribution in [3.63, 3.8) is 0 Å². The summed E-state index contributed by atoms with van der Waals surface area (Å²) in [5.41, 5.74) is 10.2. The molecule has 0 bridgehead atoms. The summed E-state index contributed by atoms with van der Waals surface area (Å²) < 4.78 is 9.19. The van der Waals surface area contributed by atoms with Crippen molar-refractivity contribution in [3.8, 4) is 27.9 Å². The van der Waals surface area contributed by atoms with Crippen molar-refractivity contribution in [2.45, 2.75) is 0 Å². The van der Waals surface area contributed by atoms with Crippen LogP contribution < -0.4 is 0 Å². The van der Waals surface area contributed by atoms with Gasteiger partial charge < -0.3 is 8.98 Å². The molecule has 0 saturated heterocycles. The molecule has 13 aromatic rings.